The molecular weight excluding hydrogens is 244 g/mol. The molecule has 0 aliphatic rings. The lowest BCUT2D eigenvalue weighted by Gasteiger charge is -2.10. The third kappa shape index (κ3) is 2.13. The van der Waals surface area contributed by atoms with E-state index in [0.717, 1.165) is 0 Å². The lowest BCUT2D eigenvalue weighted by Crippen LogP contribution is -2.13. The zero-order chi connectivity index (χ0) is 14.0. The molecule has 0 aliphatic carbocycles. The summed E-state index contributed by atoms with van der Waals surface area (Å²) in [7, 11) is 3.06. The van der Waals surface area contributed by atoms with E-state index < -0.39 is 0 Å². The van der Waals surface area contributed by atoms with Crippen molar-refractivity contribution in [2.75, 3.05) is 14.2 Å². The lowest BCUT2D eigenvalue weighted by molar-refractivity contribution is 0.355. The Morgan fingerprint density at radius 3 is 2.47 bits per heavy atom. The van der Waals surface area contributed by atoms with E-state index in [1.165, 1.54) is 7.11 Å². The van der Waals surface area contributed by atoms with E-state index >= 15 is 0 Å². The number of nitrogens with zero attached hydrogens (tertiary/aromatic N) is 1. The maximum Gasteiger partial charge on any atom is 0.194 e. The number of hydrogen-bond acceptors (Lipinski definition) is 4. The molecule has 0 bridgehead atoms. The van der Waals surface area contributed by atoms with Gasteiger partial charge in [-0.1, -0.05) is 0 Å². The van der Waals surface area contributed by atoms with Gasteiger partial charge in [0.05, 0.1) is 32.2 Å². The zero-order valence-electron chi connectivity index (χ0n) is 11.0. The summed E-state index contributed by atoms with van der Waals surface area (Å²) in [5, 5.41) is 9.27. The van der Waals surface area contributed by atoms with Crippen molar-refractivity contribution in [2.24, 2.45) is 0 Å². The van der Waals surface area contributed by atoms with Gasteiger partial charge in [-0.3, -0.25) is 4.79 Å². The summed E-state index contributed by atoms with van der Waals surface area (Å²) in [5.74, 6) is 1.05. The van der Waals surface area contributed by atoms with Gasteiger partial charge < -0.3 is 14.5 Å². The predicted molar refractivity (Wildman–Crippen MR) is 71.7 cm³/mol. The van der Waals surface area contributed by atoms with Crippen LogP contribution < -0.4 is 14.9 Å². The van der Waals surface area contributed by atoms with E-state index in [2.05, 4.69) is 4.98 Å². The second kappa shape index (κ2) is 5.02. The Morgan fingerprint density at radius 2 is 1.89 bits per heavy atom. The molecular formula is C14H14N2O3. The largest absolute Gasteiger partial charge is 0.493 e. The summed E-state index contributed by atoms with van der Waals surface area (Å²) in [5.41, 5.74) is 1.71. The number of methoxy groups -OCH3 is 2. The molecule has 0 saturated heterocycles. The highest BCUT2D eigenvalue weighted by atomic mass is 16.5. The van der Waals surface area contributed by atoms with Gasteiger partial charge in [0.15, 0.2) is 16.9 Å². The van der Waals surface area contributed by atoms with E-state index in [1.807, 2.05) is 6.07 Å². The molecule has 0 radical (unpaired) electrons. The van der Waals surface area contributed by atoms with Gasteiger partial charge in [-0.25, -0.2) is 0 Å². The standard InChI is InChI=1S/C14H14N2O3/c1-8-9(4-5-15)14(17)10-6-12(18-2)13(19-3)7-11(10)16-8/h6-7H,4H2,1-3H3,(H,16,17). The van der Waals surface area contributed by atoms with Gasteiger partial charge in [0.1, 0.15) is 0 Å². The van der Waals surface area contributed by atoms with Gasteiger partial charge in [-0.2, -0.15) is 5.26 Å². The molecule has 5 heteroatoms. The first-order chi connectivity index (χ1) is 9.12. The number of fused-ring (bicyclic) bond motifs is 1. The molecule has 19 heavy (non-hydrogen) atoms. The van der Waals surface area contributed by atoms with Crippen molar-refractivity contribution in [1.82, 2.24) is 4.98 Å². The number of aromatic nitrogens is 1. The summed E-state index contributed by atoms with van der Waals surface area (Å²) >= 11 is 0. The molecule has 2 aromatic rings. The van der Waals surface area contributed by atoms with Crippen LogP contribution in [0.5, 0.6) is 11.5 Å². The summed E-state index contributed by atoms with van der Waals surface area (Å²) < 4.78 is 10.4. The summed E-state index contributed by atoms with van der Waals surface area (Å²) in [6.07, 6.45) is 0.0887. The predicted octanol–water partition coefficient (Wildman–Crippen LogP) is 1.92. The Labute approximate surface area is 110 Å². The monoisotopic (exact) mass is 258 g/mol. The summed E-state index contributed by atoms with van der Waals surface area (Å²) in [4.78, 5) is 15.5. The first-order valence-corrected chi connectivity index (χ1v) is 5.76. The number of aromatic amines is 1. The molecule has 1 heterocycles. The minimum absolute atomic E-state index is 0.0887. The van der Waals surface area contributed by atoms with Crippen molar-refractivity contribution in [3.8, 4) is 17.6 Å². The van der Waals surface area contributed by atoms with Crippen LogP contribution in [0, 0.1) is 18.3 Å². The molecule has 0 amide bonds. The van der Waals surface area contributed by atoms with Crippen LogP contribution >= 0.6 is 0 Å². The highest BCUT2D eigenvalue weighted by Gasteiger charge is 2.13. The number of nitriles is 1. The number of hydrogen-bond donors (Lipinski definition) is 1. The second-order valence-corrected chi connectivity index (χ2v) is 4.15. The second-order valence-electron chi connectivity index (χ2n) is 4.15. The number of pyridine rings is 1. The Hall–Kier alpha value is -2.48. The molecule has 2 rings (SSSR count). The van der Waals surface area contributed by atoms with Crippen molar-refractivity contribution >= 4 is 10.9 Å². The maximum atomic E-state index is 12.3. The third-order valence-corrected chi connectivity index (χ3v) is 3.07. The number of benzene rings is 1. The maximum absolute atomic E-state index is 12.3. The van der Waals surface area contributed by atoms with Gasteiger partial charge in [-0.15, -0.1) is 0 Å². The normalized spacial score (nSPS) is 10.2. The topological polar surface area (TPSA) is 75.1 Å². The molecule has 98 valence electrons. The Kier molecular flexibility index (Phi) is 3.43. The number of rotatable bonds is 3. The SMILES string of the molecule is COc1cc2[nH]c(C)c(CC#N)c(=O)c2cc1OC. The van der Waals surface area contributed by atoms with E-state index in [0.29, 0.717) is 33.7 Å². The number of H-pyrrole nitrogens is 1. The van der Waals surface area contributed by atoms with Crippen LogP contribution in [-0.4, -0.2) is 19.2 Å². The Morgan fingerprint density at radius 1 is 1.26 bits per heavy atom. The van der Waals surface area contributed by atoms with Gasteiger partial charge >= 0.3 is 0 Å². The molecule has 0 atom stereocenters. The van der Waals surface area contributed by atoms with E-state index in [9.17, 15) is 4.79 Å². The van der Waals surface area contributed by atoms with Crippen molar-refractivity contribution in [1.29, 1.82) is 5.26 Å². The quantitative estimate of drug-likeness (QED) is 0.912. The molecule has 1 aromatic heterocycles. The van der Waals surface area contributed by atoms with Crippen LogP contribution in [0.4, 0.5) is 0 Å². The van der Waals surface area contributed by atoms with E-state index in [-0.39, 0.29) is 11.8 Å². The number of nitrogens with one attached hydrogen (secondary N) is 1. The number of aryl methyl sites for hydroxylation is 1. The average Bonchev–Trinajstić information content (AvgIpc) is 2.42. The Bertz CT molecular complexity index is 726. The smallest absolute Gasteiger partial charge is 0.194 e. The zero-order valence-corrected chi connectivity index (χ0v) is 11.0. The minimum Gasteiger partial charge on any atom is -0.493 e. The van der Waals surface area contributed by atoms with Crippen LogP contribution in [0.3, 0.4) is 0 Å². The van der Waals surface area contributed by atoms with Crippen LogP contribution in [-0.2, 0) is 6.42 Å². The molecule has 0 fully saturated rings. The summed E-state index contributed by atoms with van der Waals surface area (Å²) in [6.45, 7) is 1.78. The molecule has 0 spiro atoms. The Balaban J connectivity index is 2.83. The van der Waals surface area contributed by atoms with Crippen LogP contribution in [0.15, 0.2) is 16.9 Å². The van der Waals surface area contributed by atoms with Crippen LogP contribution in [0.1, 0.15) is 11.3 Å². The highest BCUT2D eigenvalue weighted by Crippen LogP contribution is 2.30. The molecule has 0 saturated carbocycles. The third-order valence-electron chi connectivity index (χ3n) is 3.07. The minimum atomic E-state index is -0.145. The van der Waals surface area contributed by atoms with E-state index in [4.69, 9.17) is 14.7 Å². The fraction of sp³-hybridized carbons (Fsp3) is 0.286. The first-order valence-electron chi connectivity index (χ1n) is 5.76. The van der Waals surface area contributed by atoms with Gasteiger partial charge in [0, 0.05) is 22.7 Å². The van der Waals surface area contributed by atoms with E-state index in [1.54, 1.807) is 26.2 Å². The van der Waals surface area contributed by atoms with Crippen molar-refractivity contribution in [3.05, 3.63) is 33.6 Å². The highest BCUT2D eigenvalue weighted by molar-refractivity contribution is 5.83. The lowest BCUT2D eigenvalue weighted by atomic mass is 10.1. The molecule has 1 N–H and O–H groups in total. The van der Waals surface area contributed by atoms with Gasteiger partial charge in [0.2, 0.25) is 0 Å². The fourth-order valence-corrected chi connectivity index (χ4v) is 2.07. The molecule has 0 aliphatic heterocycles. The van der Waals surface area contributed by atoms with Crippen LogP contribution in [0.25, 0.3) is 10.9 Å². The molecule has 0 unspecified atom stereocenters. The van der Waals surface area contributed by atoms with Crippen LogP contribution in [0.2, 0.25) is 0 Å². The molecule has 1 aromatic carbocycles. The number of ether oxygens (including phenoxy) is 2. The summed E-state index contributed by atoms with van der Waals surface area (Å²) in [6, 6.07) is 5.36. The molecule has 5 nitrogen and oxygen atoms in total. The van der Waals surface area contributed by atoms with Crippen molar-refractivity contribution in [3.63, 3.8) is 0 Å². The van der Waals surface area contributed by atoms with Gasteiger partial charge in [-0.05, 0) is 13.0 Å². The van der Waals surface area contributed by atoms with Gasteiger partial charge in [0.25, 0.3) is 0 Å². The fourth-order valence-electron chi connectivity index (χ4n) is 2.07. The first kappa shape index (κ1) is 13.0. The van der Waals surface area contributed by atoms with Crippen molar-refractivity contribution in [2.45, 2.75) is 13.3 Å². The van der Waals surface area contributed by atoms with Crippen molar-refractivity contribution < 1.29 is 9.47 Å². The average molecular weight is 258 g/mol.